The first-order valence-corrected chi connectivity index (χ1v) is 10.9. The SMILES string of the molecule is C=CCCCCCCC(=O)Nc1cccc(CC/C=C(\C)CCCCC=C)c1. The maximum atomic E-state index is 12.1. The lowest BCUT2D eigenvalue weighted by Gasteiger charge is -2.07. The van der Waals surface area contributed by atoms with E-state index < -0.39 is 0 Å². The van der Waals surface area contributed by atoms with E-state index in [0.29, 0.717) is 6.42 Å². The van der Waals surface area contributed by atoms with Crippen LogP contribution < -0.4 is 5.32 Å². The molecule has 0 spiro atoms. The molecule has 0 heterocycles. The van der Waals surface area contributed by atoms with Gasteiger partial charge in [-0.15, -0.1) is 13.2 Å². The van der Waals surface area contributed by atoms with Crippen molar-refractivity contribution in [2.45, 2.75) is 84.0 Å². The van der Waals surface area contributed by atoms with Gasteiger partial charge in [0.05, 0.1) is 0 Å². The number of amides is 1. The van der Waals surface area contributed by atoms with Crippen molar-refractivity contribution < 1.29 is 4.79 Å². The molecule has 0 aromatic heterocycles. The summed E-state index contributed by atoms with van der Waals surface area (Å²) in [5.41, 5.74) is 3.67. The largest absolute Gasteiger partial charge is 0.326 e. The standard InChI is InChI=1S/C26H39NO/c1-4-6-8-10-11-13-21-26(28)27-25-20-15-19-24(22-25)18-14-17-23(3)16-12-9-7-5-2/h4-5,15,17,19-20,22H,1-2,6-14,16,18,21H2,3H3,(H,27,28)/b23-17+. The number of benzene rings is 1. The van der Waals surface area contributed by atoms with Crippen LogP contribution in [-0.4, -0.2) is 5.91 Å². The van der Waals surface area contributed by atoms with Crippen molar-refractivity contribution >= 4 is 11.6 Å². The van der Waals surface area contributed by atoms with Crippen molar-refractivity contribution in [1.82, 2.24) is 0 Å². The first-order chi connectivity index (χ1) is 13.7. The number of aryl methyl sites for hydroxylation is 1. The Morgan fingerprint density at radius 1 is 0.929 bits per heavy atom. The monoisotopic (exact) mass is 381 g/mol. The van der Waals surface area contributed by atoms with Crippen molar-refractivity contribution in [1.29, 1.82) is 0 Å². The van der Waals surface area contributed by atoms with Gasteiger partial charge in [-0.1, -0.05) is 48.8 Å². The quantitative estimate of drug-likeness (QED) is 0.230. The Hall–Kier alpha value is -2.09. The molecule has 2 heteroatoms. The van der Waals surface area contributed by atoms with E-state index in [0.717, 1.165) is 44.2 Å². The van der Waals surface area contributed by atoms with Crippen molar-refractivity contribution in [3.05, 3.63) is 66.8 Å². The third-order valence-electron chi connectivity index (χ3n) is 4.93. The number of hydrogen-bond donors (Lipinski definition) is 1. The summed E-state index contributed by atoms with van der Waals surface area (Å²) in [6.45, 7) is 9.73. The third kappa shape index (κ3) is 12.3. The smallest absolute Gasteiger partial charge is 0.224 e. The van der Waals surface area contributed by atoms with E-state index in [1.807, 2.05) is 24.3 Å². The molecule has 1 aromatic carbocycles. The van der Waals surface area contributed by atoms with Crippen molar-refractivity contribution in [2.75, 3.05) is 5.32 Å². The molecular weight excluding hydrogens is 342 g/mol. The van der Waals surface area contributed by atoms with Crippen molar-refractivity contribution in [3.8, 4) is 0 Å². The van der Waals surface area contributed by atoms with Gasteiger partial charge in [-0.05, 0) is 82.4 Å². The fourth-order valence-electron chi connectivity index (χ4n) is 3.24. The van der Waals surface area contributed by atoms with Crippen LogP contribution >= 0.6 is 0 Å². The number of carbonyl (C=O) groups excluding carboxylic acids is 1. The van der Waals surface area contributed by atoms with Gasteiger partial charge in [0.25, 0.3) is 0 Å². The van der Waals surface area contributed by atoms with E-state index in [1.54, 1.807) is 0 Å². The zero-order valence-electron chi connectivity index (χ0n) is 17.8. The second-order valence-corrected chi connectivity index (χ2v) is 7.61. The van der Waals surface area contributed by atoms with Crippen LogP contribution in [0.15, 0.2) is 61.2 Å². The summed E-state index contributed by atoms with van der Waals surface area (Å²) < 4.78 is 0. The molecule has 0 bridgehead atoms. The molecule has 0 saturated heterocycles. The minimum Gasteiger partial charge on any atom is -0.326 e. The summed E-state index contributed by atoms with van der Waals surface area (Å²) in [7, 11) is 0. The number of rotatable bonds is 16. The molecule has 0 atom stereocenters. The molecule has 0 unspecified atom stereocenters. The Morgan fingerprint density at radius 2 is 1.61 bits per heavy atom. The maximum absolute atomic E-state index is 12.1. The molecule has 1 aromatic rings. The lowest BCUT2D eigenvalue weighted by molar-refractivity contribution is -0.116. The third-order valence-corrected chi connectivity index (χ3v) is 4.93. The van der Waals surface area contributed by atoms with Crippen LogP contribution in [0.1, 0.15) is 83.1 Å². The van der Waals surface area contributed by atoms with E-state index in [4.69, 9.17) is 0 Å². The van der Waals surface area contributed by atoms with Gasteiger partial charge in [-0.3, -0.25) is 4.79 Å². The number of nitrogens with one attached hydrogen (secondary N) is 1. The predicted molar refractivity (Wildman–Crippen MR) is 124 cm³/mol. The molecule has 1 amide bonds. The van der Waals surface area contributed by atoms with Crippen LogP contribution in [0.25, 0.3) is 0 Å². The van der Waals surface area contributed by atoms with Crippen LogP contribution in [-0.2, 0) is 11.2 Å². The zero-order chi connectivity index (χ0) is 20.5. The highest BCUT2D eigenvalue weighted by Gasteiger charge is 2.03. The van der Waals surface area contributed by atoms with Gasteiger partial charge in [0, 0.05) is 12.1 Å². The Labute approximate surface area is 172 Å². The van der Waals surface area contributed by atoms with Crippen molar-refractivity contribution in [3.63, 3.8) is 0 Å². The van der Waals surface area contributed by atoms with Crippen LogP contribution in [0, 0.1) is 0 Å². The second kappa shape index (κ2) is 15.9. The first kappa shape index (κ1) is 23.9. The summed E-state index contributed by atoms with van der Waals surface area (Å²) in [6, 6.07) is 8.26. The van der Waals surface area contributed by atoms with Gasteiger partial charge >= 0.3 is 0 Å². The molecular formula is C26H39NO. The van der Waals surface area contributed by atoms with Gasteiger partial charge in [-0.2, -0.15) is 0 Å². The Morgan fingerprint density at radius 3 is 2.36 bits per heavy atom. The van der Waals surface area contributed by atoms with Crippen LogP contribution in [0.4, 0.5) is 5.69 Å². The van der Waals surface area contributed by atoms with E-state index >= 15 is 0 Å². The minimum absolute atomic E-state index is 0.121. The first-order valence-electron chi connectivity index (χ1n) is 10.9. The van der Waals surface area contributed by atoms with Crippen LogP contribution in [0.5, 0.6) is 0 Å². The molecule has 0 aliphatic rings. The molecule has 0 aliphatic carbocycles. The highest BCUT2D eigenvalue weighted by Crippen LogP contribution is 2.15. The zero-order valence-corrected chi connectivity index (χ0v) is 17.8. The summed E-state index contributed by atoms with van der Waals surface area (Å²) >= 11 is 0. The normalized spacial score (nSPS) is 11.2. The molecule has 0 fully saturated rings. The van der Waals surface area contributed by atoms with Crippen LogP contribution in [0.3, 0.4) is 0 Å². The lowest BCUT2D eigenvalue weighted by Crippen LogP contribution is -2.11. The van der Waals surface area contributed by atoms with Crippen LogP contribution in [0.2, 0.25) is 0 Å². The summed E-state index contributed by atoms with van der Waals surface area (Å²) in [5, 5.41) is 3.04. The average molecular weight is 382 g/mol. The fraction of sp³-hybridized carbons (Fsp3) is 0.500. The van der Waals surface area contributed by atoms with Gasteiger partial charge in [0.1, 0.15) is 0 Å². The number of carbonyl (C=O) groups is 1. The summed E-state index contributed by atoms with van der Waals surface area (Å²) in [4.78, 5) is 12.1. The highest BCUT2D eigenvalue weighted by molar-refractivity contribution is 5.90. The lowest BCUT2D eigenvalue weighted by atomic mass is 10.0. The number of allylic oxidation sites excluding steroid dienone is 4. The van der Waals surface area contributed by atoms with E-state index in [1.165, 1.54) is 43.2 Å². The van der Waals surface area contributed by atoms with E-state index in [2.05, 4.69) is 43.6 Å². The summed E-state index contributed by atoms with van der Waals surface area (Å²) in [6.07, 6.45) is 19.2. The Balaban J connectivity index is 2.30. The second-order valence-electron chi connectivity index (χ2n) is 7.61. The Bertz CT molecular complexity index is 615. The minimum atomic E-state index is 0.121. The number of anilines is 1. The van der Waals surface area contributed by atoms with E-state index in [9.17, 15) is 4.79 Å². The molecule has 28 heavy (non-hydrogen) atoms. The fourth-order valence-corrected chi connectivity index (χ4v) is 3.24. The Kier molecular flexibility index (Phi) is 13.6. The van der Waals surface area contributed by atoms with Gasteiger partial charge < -0.3 is 5.32 Å². The maximum Gasteiger partial charge on any atom is 0.224 e. The molecule has 1 rings (SSSR count). The number of hydrogen-bond acceptors (Lipinski definition) is 1. The van der Waals surface area contributed by atoms with Crippen molar-refractivity contribution in [2.24, 2.45) is 0 Å². The topological polar surface area (TPSA) is 29.1 Å². The molecule has 0 radical (unpaired) electrons. The van der Waals surface area contributed by atoms with Gasteiger partial charge in [-0.25, -0.2) is 0 Å². The summed E-state index contributed by atoms with van der Waals surface area (Å²) in [5.74, 6) is 0.121. The molecule has 0 saturated carbocycles. The van der Waals surface area contributed by atoms with E-state index in [-0.39, 0.29) is 5.91 Å². The average Bonchev–Trinajstić information content (AvgIpc) is 2.68. The van der Waals surface area contributed by atoms with Gasteiger partial charge in [0.2, 0.25) is 5.91 Å². The molecule has 0 aliphatic heterocycles. The molecule has 1 N–H and O–H groups in total. The molecule has 154 valence electrons. The molecule has 2 nitrogen and oxygen atoms in total. The number of unbranched alkanes of at least 4 members (excludes halogenated alkanes) is 6. The highest BCUT2D eigenvalue weighted by atomic mass is 16.1. The van der Waals surface area contributed by atoms with Gasteiger partial charge in [0.15, 0.2) is 0 Å². The predicted octanol–water partition coefficient (Wildman–Crippen LogP) is 7.78.